The molecule has 2 heterocycles. The van der Waals surface area contributed by atoms with E-state index in [0.717, 1.165) is 5.56 Å². The van der Waals surface area contributed by atoms with Crippen LogP contribution < -0.4 is 10.1 Å². The lowest BCUT2D eigenvalue weighted by Gasteiger charge is -2.25. The van der Waals surface area contributed by atoms with E-state index in [9.17, 15) is 18.4 Å². The van der Waals surface area contributed by atoms with Gasteiger partial charge in [-0.05, 0) is 43.5 Å². The smallest absolute Gasteiger partial charge is 0.272 e. The summed E-state index contributed by atoms with van der Waals surface area (Å²) in [5, 5.41) is 11.6. The van der Waals surface area contributed by atoms with Crippen molar-refractivity contribution in [3.8, 4) is 5.75 Å². The summed E-state index contributed by atoms with van der Waals surface area (Å²) in [6, 6.07) is 6.46. The van der Waals surface area contributed by atoms with Gasteiger partial charge in [-0.15, -0.1) is 0 Å². The standard InChI is InChI=1S/C22H25F2N3O4/c1-13-10-15(4-5-18(13)31-12-19(23)24)14(2)27-11-17-16(22(27)30)6-8-25-20(17)21(29)26-7-3-9-28/h4-6,8,10,14,19,28H,3,7,9,11-12H2,1-2H3,(H,26,29). The Bertz CT molecular complexity index is 968. The van der Waals surface area contributed by atoms with E-state index in [4.69, 9.17) is 9.84 Å². The number of nitrogens with zero attached hydrogens (tertiary/aromatic N) is 2. The molecule has 7 nitrogen and oxygen atoms in total. The Balaban J connectivity index is 1.78. The fraction of sp³-hybridized carbons (Fsp3) is 0.409. The highest BCUT2D eigenvalue weighted by molar-refractivity contribution is 6.03. The van der Waals surface area contributed by atoms with Gasteiger partial charge in [0.25, 0.3) is 18.2 Å². The number of benzene rings is 1. The Kier molecular flexibility index (Phi) is 7.17. The molecular weight excluding hydrogens is 408 g/mol. The zero-order chi connectivity index (χ0) is 22.5. The molecule has 0 saturated heterocycles. The first-order valence-corrected chi connectivity index (χ1v) is 10.0. The van der Waals surface area contributed by atoms with Gasteiger partial charge in [0, 0.05) is 37.0 Å². The molecule has 1 unspecified atom stereocenters. The van der Waals surface area contributed by atoms with Crippen LogP contribution in [0.2, 0.25) is 0 Å². The highest BCUT2D eigenvalue weighted by Gasteiger charge is 2.35. The Morgan fingerprint density at radius 3 is 2.81 bits per heavy atom. The summed E-state index contributed by atoms with van der Waals surface area (Å²) in [7, 11) is 0. The summed E-state index contributed by atoms with van der Waals surface area (Å²) in [6.07, 6.45) is -0.688. The van der Waals surface area contributed by atoms with Crippen molar-refractivity contribution < 1.29 is 28.2 Å². The predicted molar refractivity (Wildman–Crippen MR) is 109 cm³/mol. The van der Waals surface area contributed by atoms with E-state index in [-0.39, 0.29) is 36.7 Å². The minimum absolute atomic E-state index is 0.0320. The minimum atomic E-state index is -2.55. The highest BCUT2D eigenvalue weighted by atomic mass is 19.3. The molecule has 1 aliphatic heterocycles. The molecule has 2 N–H and O–H groups in total. The molecule has 0 aliphatic carbocycles. The summed E-state index contributed by atoms with van der Waals surface area (Å²) >= 11 is 0. The molecule has 0 fully saturated rings. The summed E-state index contributed by atoms with van der Waals surface area (Å²) in [5.74, 6) is -0.215. The Morgan fingerprint density at radius 1 is 1.35 bits per heavy atom. The first-order valence-electron chi connectivity index (χ1n) is 10.0. The highest BCUT2D eigenvalue weighted by Crippen LogP contribution is 2.33. The van der Waals surface area contributed by atoms with E-state index in [2.05, 4.69) is 10.3 Å². The Labute approximate surface area is 179 Å². The van der Waals surface area contributed by atoms with Crippen LogP contribution in [0.15, 0.2) is 30.5 Å². The van der Waals surface area contributed by atoms with E-state index in [1.807, 2.05) is 13.0 Å². The van der Waals surface area contributed by atoms with Crippen LogP contribution in [0.25, 0.3) is 0 Å². The summed E-state index contributed by atoms with van der Waals surface area (Å²) < 4.78 is 29.9. The molecule has 0 radical (unpaired) electrons. The first-order chi connectivity index (χ1) is 14.8. The normalized spacial score (nSPS) is 14.0. The average molecular weight is 433 g/mol. The molecule has 0 spiro atoms. The SMILES string of the molecule is Cc1cc(C(C)N2Cc3c(ccnc3C(=O)NCCCO)C2=O)ccc1OCC(F)F. The minimum Gasteiger partial charge on any atom is -0.487 e. The molecule has 1 atom stereocenters. The maximum absolute atomic E-state index is 13.0. The van der Waals surface area contributed by atoms with Crippen molar-refractivity contribution >= 4 is 11.8 Å². The third-order valence-corrected chi connectivity index (χ3v) is 5.22. The second-order valence-electron chi connectivity index (χ2n) is 7.35. The average Bonchev–Trinajstić information content (AvgIpc) is 3.09. The van der Waals surface area contributed by atoms with Gasteiger partial charge in [0.15, 0.2) is 0 Å². The van der Waals surface area contributed by atoms with Crippen molar-refractivity contribution in [2.24, 2.45) is 0 Å². The number of pyridine rings is 1. The number of ether oxygens (including phenoxy) is 1. The molecule has 2 amide bonds. The van der Waals surface area contributed by atoms with Crippen LogP contribution in [0.4, 0.5) is 8.78 Å². The maximum Gasteiger partial charge on any atom is 0.272 e. The molecule has 1 aromatic carbocycles. The number of aliphatic hydroxyl groups is 1. The van der Waals surface area contributed by atoms with Crippen molar-refractivity contribution in [3.63, 3.8) is 0 Å². The zero-order valence-electron chi connectivity index (χ0n) is 17.4. The van der Waals surface area contributed by atoms with Crippen molar-refractivity contribution in [2.45, 2.75) is 39.3 Å². The van der Waals surface area contributed by atoms with Crippen LogP contribution in [0.3, 0.4) is 0 Å². The second-order valence-corrected chi connectivity index (χ2v) is 7.35. The number of aromatic nitrogens is 1. The summed E-state index contributed by atoms with van der Waals surface area (Å²) in [5.41, 5.74) is 2.72. The molecular formula is C22H25F2N3O4. The molecule has 166 valence electrons. The van der Waals surface area contributed by atoms with Crippen LogP contribution in [-0.4, -0.2) is 53.0 Å². The van der Waals surface area contributed by atoms with Crippen molar-refractivity contribution in [3.05, 3.63) is 58.4 Å². The number of nitrogens with one attached hydrogen (secondary N) is 1. The number of aliphatic hydroxyl groups excluding tert-OH is 1. The third kappa shape index (κ3) is 4.99. The molecule has 2 aromatic rings. The number of hydrogen-bond acceptors (Lipinski definition) is 5. The number of aryl methyl sites for hydroxylation is 1. The zero-order valence-corrected chi connectivity index (χ0v) is 17.4. The topological polar surface area (TPSA) is 91.8 Å². The van der Waals surface area contributed by atoms with E-state index in [0.29, 0.717) is 35.4 Å². The van der Waals surface area contributed by atoms with Gasteiger partial charge in [0.05, 0.1) is 6.04 Å². The first kappa shape index (κ1) is 22.6. The van der Waals surface area contributed by atoms with Gasteiger partial charge < -0.3 is 20.1 Å². The lowest BCUT2D eigenvalue weighted by atomic mass is 10.0. The van der Waals surface area contributed by atoms with Gasteiger partial charge in [-0.25, -0.2) is 8.78 Å². The Morgan fingerprint density at radius 2 is 2.13 bits per heavy atom. The maximum atomic E-state index is 13.0. The Hall–Kier alpha value is -3.07. The summed E-state index contributed by atoms with van der Waals surface area (Å²) in [4.78, 5) is 31.3. The van der Waals surface area contributed by atoms with Gasteiger partial charge in [-0.1, -0.05) is 12.1 Å². The van der Waals surface area contributed by atoms with Crippen LogP contribution in [0, 0.1) is 6.92 Å². The predicted octanol–water partition coefficient (Wildman–Crippen LogP) is 2.86. The molecule has 9 heteroatoms. The number of halogens is 2. The van der Waals surface area contributed by atoms with E-state index < -0.39 is 13.0 Å². The van der Waals surface area contributed by atoms with Crippen molar-refractivity contribution in [1.29, 1.82) is 0 Å². The van der Waals surface area contributed by atoms with E-state index in [1.165, 1.54) is 6.20 Å². The van der Waals surface area contributed by atoms with E-state index in [1.54, 1.807) is 30.0 Å². The number of carbonyl (C=O) groups is 2. The lowest BCUT2D eigenvalue weighted by molar-refractivity contribution is 0.0713. The number of carbonyl (C=O) groups excluding carboxylic acids is 2. The number of alkyl halides is 2. The van der Waals surface area contributed by atoms with Gasteiger partial charge in [0.2, 0.25) is 0 Å². The van der Waals surface area contributed by atoms with Crippen molar-refractivity contribution in [1.82, 2.24) is 15.2 Å². The van der Waals surface area contributed by atoms with Crippen LogP contribution in [0.1, 0.15) is 56.9 Å². The number of fused-ring (bicyclic) bond motifs is 1. The van der Waals surface area contributed by atoms with Crippen LogP contribution in [-0.2, 0) is 6.54 Å². The lowest BCUT2D eigenvalue weighted by Crippen LogP contribution is -2.28. The summed E-state index contributed by atoms with van der Waals surface area (Å²) in [6.45, 7) is 3.47. The number of hydrogen-bond donors (Lipinski definition) is 2. The van der Waals surface area contributed by atoms with Gasteiger partial charge in [-0.3, -0.25) is 14.6 Å². The third-order valence-electron chi connectivity index (χ3n) is 5.22. The van der Waals surface area contributed by atoms with Crippen molar-refractivity contribution in [2.75, 3.05) is 19.8 Å². The monoisotopic (exact) mass is 433 g/mol. The fourth-order valence-corrected chi connectivity index (χ4v) is 3.55. The van der Waals surface area contributed by atoms with E-state index >= 15 is 0 Å². The van der Waals surface area contributed by atoms with Crippen LogP contribution in [0.5, 0.6) is 5.75 Å². The van der Waals surface area contributed by atoms with Gasteiger partial charge in [-0.2, -0.15) is 0 Å². The second kappa shape index (κ2) is 9.82. The fourth-order valence-electron chi connectivity index (χ4n) is 3.55. The quantitative estimate of drug-likeness (QED) is 0.594. The molecule has 31 heavy (non-hydrogen) atoms. The number of amides is 2. The molecule has 0 bridgehead atoms. The molecule has 1 aliphatic rings. The molecule has 0 saturated carbocycles. The number of rotatable bonds is 9. The molecule has 1 aromatic heterocycles. The van der Waals surface area contributed by atoms with Crippen LogP contribution >= 0.6 is 0 Å². The largest absolute Gasteiger partial charge is 0.487 e. The van der Waals surface area contributed by atoms with Gasteiger partial charge >= 0.3 is 0 Å². The molecule has 3 rings (SSSR count). The van der Waals surface area contributed by atoms with Gasteiger partial charge in [0.1, 0.15) is 18.1 Å².